The molecule has 1 aliphatic rings. The van der Waals surface area contributed by atoms with Gasteiger partial charge < -0.3 is 4.74 Å². The van der Waals surface area contributed by atoms with Crippen LogP contribution in [0.15, 0.2) is 36.4 Å². The molecule has 82 valence electrons. The van der Waals surface area contributed by atoms with Gasteiger partial charge in [0.05, 0.1) is 5.50 Å². The summed E-state index contributed by atoms with van der Waals surface area (Å²) in [7, 11) is 5.98. The molecule has 0 aromatic heterocycles. The van der Waals surface area contributed by atoms with Crippen LogP contribution in [0.4, 0.5) is 0 Å². The fraction of sp³-hybridized carbons (Fsp3) is 0.200. The van der Waals surface area contributed by atoms with Gasteiger partial charge in [0.2, 0.25) is 0 Å². The van der Waals surface area contributed by atoms with Crippen molar-refractivity contribution in [2.24, 2.45) is 0 Å². The maximum atomic E-state index is 5.98. The second kappa shape index (κ2) is 3.40. The third-order valence-electron chi connectivity index (χ3n) is 3.17. The molecule has 17 heavy (non-hydrogen) atoms. The Hall–Kier alpha value is -1.70. The summed E-state index contributed by atoms with van der Waals surface area (Å²) in [5.41, 5.74) is 1.63. The summed E-state index contributed by atoms with van der Waals surface area (Å²) >= 11 is 0. The minimum atomic E-state index is -0.706. The van der Waals surface area contributed by atoms with Gasteiger partial charge in [0.25, 0.3) is 0 Å². The monoisotopic (exact) mass is 220 g/mol. The highest BCUT2D eigenvalue weighted by atomic mass is 16.5. The maximum Gasteiger partial charge on any atom is 0.137 e. The summed E-state index contributed by atoms with van der Waals surface area (Å²) in [6.07, 6.45) is 3.96. The van der Waals surface area contributed by atoms with Crippen molar-refractivity contribution in [2.45, 2.75) is 19.3 Å². The largest absolute Gasteiger partial charge is 0.493 e. The SMILES string of the molecule is [B]C1(C)C=Cc2c(cc(C)c3ccccc23)O1. The van der Waals surface area contributed by atoms with Gasteiger partial charge in [-0.25, -0.2) is 0 Å². The van der Waals surface area contributed by atoms with Gasteiger partial charge in [-0.05, 0) is 36.2 Å². The Morgan fingerprint density at radius 3 is 2.65 bits per heavy atom. The molecule has 0 N–H and O–H groups in total. The van der Waals surface area contributed by atoms with Crippen molar-refractivity contribution in [3.63, 3.8) is 0 Å². The standard InChI is InChI=1S/C15H13BO/c1-10-9-14-13(7-8-15(2,16)17-14)12-6-4-3-5-11(10)12/h3-9H,1-2H3. The van der Waals surface area contributed by atoms with Crippen molar-refractivity contribution >= 4 is 24.7 Å². The molecular formula is C15H13BO. The molecular weight excluding hydrogens is 207 g/mol. The molecule has 0 fully saturated rings. The summed E-state index contributed by atoms with van der Waals surface area (Å²) in [5.74, 6) is 0.869. The first-order valence-corrected chi connectivity index (χ1v) is 5.76. The second-order valence-electron chi connectivity index (χ2n) is 4.77. The maximum absolute atomic E-state index is 5.98. The average molecular weight is 220 g/mol. The normalized spacial score (nSPS) is 22.2. The molecule has 1 unspecified atom stereocenters. The third-order valence-corrected chi connectivity index (χ3v) is 3.17. The highest BCUT2D eigenvalue weighted by molar-refractivity contribution is 6.17. The van der Waals surface area contributed by atoms with E-state index in [9.17, 15) is 0 Å². The minimum absolute atomic E-state index is 0.706. The minimum Gasteiger partial charge on any atom is -0.493 e. The number of ether oxygens (including phenoxy) is 1. The van der Waals surface area contributed by atoms with Gasteiger partial charge in [0, 0.05) is 5.56 Å². The summed E-state index contributed by atoms with van der Waals surface area (Å²) in [5, 5.41) is 2.48. The van der Waals surface area contributed by atoms with Crippen molar-refractivity contribution in [3.05, 3.63) is 47.5 Å². The van der Waals surface area contributed by atoms with Crippen LogP contribution in [0.2, 0.25) is 0 Å². The predicted molar refractivity (Wildman–Crippen MR) is 72.5 cm³/mol. The van der Waals surface area contributed by atoms with Gasteiger partial charge in [-0.3, -0.25) is 0 Å². The van der Waals surface area contributed by atoms with E-state index in [0.29, 0.717) is 0 Å². The molecule has 0 amide bonds. The van der Waals surface area contributed by atoms with Crippen LogP contribution in [0, 0.1) is 6.92 Å². The summed E-state index contributed by atoms with van der Waals surface area (Å²) < 4.78 is 5.80. The number of hydrogen-bond acceptors (Lipinski definition) is 1. The summed E-state index contributed by atoms with van der Waals surface area (Å²) in [6.45, 7) is 3.95. The van der Waals surface area contributed by atoms with Gasteiger partial charge >= 0.3 is 0 Å². The zero-order valence-corrected chi connectivity index (χ0v) is 10.0. The smallest absolute Gasteiger partial charge is 0.137 e. The molecule has 1 heterocycles. The summed E-state index contributed by atoms with van der Waals surface area (Å²) in [4.78, 5) is 0. The third kappa shape index (κ3) is 1.64. The molecule has 2 radical (unpaired) electrons. The predicted octanol–water partition coefficient (Wildman–Crippen LogP) is 3.44. The van der Waals surface area contributed by atoms with Crippen LogP contribution in [0.5, 0.6) is 5.75 Å². The Bertz CT molecular complexity index is 626. The van der Waals surface area contributed by atoms with Gasteiger partial charge in [-0.1, -0.05) is 36.4 Å². The molecule has 2 aromatic carbocycles. The lowest BCUT2D eigenvalue weighted by Gasteiger charge is -2.29. The average Bonchev–Trinajstić information content (AvgIpc) is 2.28. The molecule has 0 spiro atoms. The van der Waals surface area contributed by atoms with Crippen molar-refractivity contribution in [1.82, 2.24) is 0 Å². The highest BCUT2D eigenvalue weighted by Gasteiger charge is 2.22. The Labute approximate surface area is 103 Å². The fourth-order valence-corrected chi connectivity index (χ4v) is 2.32. The lowest BCUT2D eigenvalue weighted by molar-refractivity contribution is 0.224. The lowest BCUT2D eigenvalue weighted by atomic mass is 9.80. The zero-order chi connectivity index (χ0) is 12.0. The van der Waals surface area contributed by atoms with Gasteiger partial charge in [0.15, 0.2) is 0 Å². The molecule has 0 saturated heterocycles. The molecule has 0 saturated carbocycles. The van der Waals surface area contributed by atoms with E-state index in [-0.39, 0.29) is 0 Å². The molecule has 0 bridgehead atoms. The second-order valence-corrected chi connectivity index (χ2v) is 4.77. The van der Waals surface area contributed by atoms with Crippen LogP contribution >= 0.6 is 0 Å². The van der Waals surface area contributed by atoms with Gasteiger partial charge in [-0.15, -0.1) is 0 Å². The first kappa shape index (κ1) is 10.5. The molecule has 1 aliphatic heterocycles. The quantitative estimate of drug-likeness (QED) is 0.618. The number of benzene rings is 2. The Morgan fingerprint density at radius 1 is 1.18 bits per heavy atom. The first-order chi connectivity index (χ1) is 8.07. The number of rotatable bonds is 0. The van der Waals surface area contributed by atoms with Crippen LogP contribution in [-0.2, 0) is 0 Å². The molecule has 3 rings (SSSR count). The molecule has 2 heteroatoms. The van der Waals surface area contributed by atoms with Crippen molar-refractivity contribution in [1.29, 1.82) is 0 Å². The van der Waals surface area contributed by atoms with Crippen molar-refractivity contribution in [2.75, 3.05) is 0 Å². The summed E-state index contributed by atoms with van der Waals surface area (Å²) in [6, 6.07) is 10.4. The van der Waals surface area contributed by atoms with E-state index >= 15 is 0 Å². The first-order valence-electron chi connectivity index (χ1n) is 5.76. The van der Waals surface area contributed by atoms with Crippen LogP contribution in [0.25, 0.3) is 16.8 Å². The van der Waals surface area contributed by atoms with Crippen LogP contribution < -0.4 is 4.74 Å². The fourth-order valence-electron chi connectivity index (χ4n) is 2.32. The van der Waals surface area contributed by atoms with E-state index in [1.807, 2.05) is 19.1 Å². The van der Waals surface area contributed by atoms with E-state index < -0.39 is 5.50 Å². The Morgan fingerprint density at radius 2 is 1.88 bits per heavy atom. The van der Waals surface area contributed by atoms with Gasteiger partial charge in [-0.2, -0.15) is 0 Å². The Kier molecular flexibility index (Phi) is 2.09. The molecule has 1 atom stereocenters. The van der Waals surface area contributed by atoms with E-state index in [0.717, 1.165) is 11.3 Å². The van der Waals surface area contributed by atoms with Crippen LogP contribution in [0.1, 0.15) is 18.1 Å². The Balaban J connectivity index is 2.35. The molecule has 1 nitrogen and oxygen atoms in total. The highest BCUT2D eigenvalue weighted by Crippen LogP contribution is 2.36. The van der Waals surface area contributed by atoms with E-state index in [1.165, 1.54) is 16.3 Å². The topological polar surface area (TPSA) is 9.23 Å². The van der Waals surface area contributed by atoms with Crippen molar-refractivity contribution < 1.29 is 4.74 Å². The molecule has 2 aromatic rings. The van der Waals surface area contributed by atoms with Gasteiger partial charge in [0.1, 0.15) is 13.6 Å². The van der Waals surface area contributed by atoms with E-state index in [1.54, 1.807) is 0 Å². The number of hydrogen-bond donors (Lipinski definition) is 0. The van der Waals surface area contributed by atoms with E-state index in [4.69, 9.17) is 12.6 Å². The van der Waals surface area contributed by atoms with E-state index in [2.05, 4.69) is 37.3 Å². The van der Waals surface area contributed by atoms with Crippen LogP contribution in [-0.4, -0.2) is 13.3 Å². The van der Waals surface area contributed by atoms with Crippen LogP contribution in [0.3, 0.4) is 0 Å². The number of fused-ring (bicyclic) bond motifs is 3. The number of aryl methyl sites for hydroxylation is 1. The lowest BCUT2D eigenvalue weighted by Crippen LogP contribution is -2.32. The zero-order valence-electron chi connectivity index (χ0n) is 10.0. The molecule has 0 aliphatic carbocycles. The van der Waals surface area contributed by atoms with Crippen molar-refractivity contribution in [3.8, 4) is 5.75 Å².